The van der Waals surface area contributed by atoms with Gasteiger partial charge in [-0.3, -0.25) is 9.36 Å². The standard InChI is InChI=1S/C18H22NO3P/c1-14(2)17(18(20)21)19(3)23(22,15-10-6-4-7-11-15)16-12-8-5-9-13-16/h4-14,17H,1-3H3,(H,20,21)/t17-/m0/s1. The summed E-state index contributed by atoms with van der Waals surface area (Å²) in [6, 6.07) is 17.4. The number of benzene rings is 2. The Morgan fingerprint density at radius 2 is 1.35 bits per heavy atom. The Morgan fingerprint density at radius 3 is 1.65 bits per heavy atom. The van der Waals surface area contributed by atoms with Gasteiger partial charge in [-0.05, 0) is 37.2 Å². The summed E-state index contributed by atoms with van der Waals surface area (Å²) in [5, 5.41) is 10.9. The predicted molar refractivity (Wildman–Crippen MR) is 93.8 cm³/mol. The molecule has 0 aromatic heterocycles. The summed E-state index contributed by atoms with van der Waals surface area (Å²) in [6.45, 7) is 3.66. The quantitative estimate of drug-likeness (QED) is 0.827. The molecular formula is C18H22NO3P. The number of nitrogens with zero attached hydrogens (tertiary/aromatic N) is 1. The van der Waals surface area contributed by atoms with Crippen LogP contribution in [0.25, 0.3) is 0 Å². The molecule has 0 bridgehead atoms. The molecule has 0 spiro atoms. The highest BCUT2D eigenvalue weighted by atomic mass is 31.2. The molecule has 0 saturated heterocycles. The van der Waals surface area contributed by atoms with Crippen LogP contribution in [0.2, 0.25) is 0 Å². The first-order chi connectivity index (χ1) is 10.9. The molecule has 5 heteroatoms. The zero-order chi connectivity index (χ0) is 17.0. The van der Waals surface area contributed by atoms with Crippen LogP contribution in [0.15, 0.2) is 60.7 Å². The fraction of sp³-hybridized carbons (Fsp3) is 0.278. The molecule has 0 unspecified atom stereocenters. The molecule has 2 aromatic rings. The number of carbonyl (C=O) groups is 1. The fourth-order valence-electron chi connectivity index (χ4n) is 2.83. The summed E-state index contributed by atoms with van der Waals surface area (Å²) < 4.78 is 15.6. The number of rotatable bonds is 6. The summed E-state index contributed by atoms with van der Waals surface area (Å²) >= 11 is 0. The first-order valence-electron chi connectivity index (χ1n) is 7.56. The largest absolute Gasteiger partial charge is 0.480 e. The van der Waals surface area contributed by atoms with Crippen molar-refractivity contribution in [1.82, 2.24) is 4.67 Å². The minimum atomic E-state index is -3.23. The summed E-state index contributed by atoms with van der Waals surface area (Å²) in [7, 11) is -1.59. The van der Waals surface area contributed by atoms with Crippen molar-refractivity contribution >= 4 is 23.9 Å². The fourth-order valence-corrected chi connectivity index (χ4v) is 5.72. The monoisotopic (exact) mass is 331 g/mol. The summed E-state index contributed by atoms with van der Waals surface area (Å²) in [4.78, 5) is 11.7. The molecule has 0 fully saturated rings. The molecule has 0 heterocycles. The van der Waals surface area contributed by atoms with E-state index in [0.717, 1.165) is 0 Å². The number of carboxylic acid groups (broad SMARTS) is 1. The Hall–Kier alpha value is -1.90. The average molecular weight is 331 g/mol. The predicted octanol–water partition coefficient (Wildman–Crippen LogP) is 2.96. The molecule has 0 aliphatic carbocycles. The van der Waals surface area contributed by atoms with E-state index in [-0.39, 0.29) is 5.92 Å². The lowest BCUT2D eigenvalue weighted by molar-refractivity contribution is -0.142. The first-order valence-corrected chi connectivity index (χ1v) is 9.22. The molecule has 2 aromatic carbocycles. The third kappa shape index (κ3) is 3.39. The molecule has 0 radical (unpaired) electrons. The van der Waals surface area contributed by atoms with Crippen LogP contribution in [-0.4, -0.2) is 28.8 Å². The normalized spacial score (nSPS) is 13.3. The highest BCUT2D eigenvalue weighted by molar-refractivity contribution is 7.76. The van der Waals surface area contributed by atoms with E-state index in [1.807, 2.05) is 50.2 Å². The molecule has 0 saturated carbocycles. The van der Waals surface area contributed by atoms with Crippen LogP contribution >= 0.6 is 7.29 Å². The van der Waals surface area contributed by atoms with Gasteiger partial charge in [-0.15, -0.1) is 0 Å². The van der Waals surface area contributed by atoms with Gasteiger partial charge < -0.3 is 5.11 Å². The van der Waals surface area contributed by atoms with Crippen molar-refractivity contribution < 1.29 is 14.5 Å². The van der Waals surface area contributed by atoms with E-state index in [1.54, 1.807) is 31.3 Å². The van der Waals surface area contributed by atoms with Gasteiger partial charge in [-0.1, -0.05) is 50.2 Å². The van der Waals surface area contributed by atoms with Gasteiger partial charge >= 0.3 is 5.97 Å². The minimum absolute atomic E-state index is 0.168. The van der Waals surface area contributed by atoms with E-state index < -0.39 is 19.3 Å². The van der Waals surface area contributed by atoms with Gasteiger partial charge in [0.25, 0.3) is 0 Å². The molecule has 1 atom stereocenters. The Bertz CT molecular complexity index is 657. The maximum Gasteiger partial charge on any atom is 0.321 e. The maximum absolute atomic E-state index is 14.0. The van der Waals surface area contributed by atoms with Crippen LogP contribution in [0.5, 0.6) is 0 Å². The number of hydrogen-bond acceptors (Lipinski definition) is 2. The highest BCUT2D eigenvalue weighted by Gasteiger charge is 2.40. The van der Waals surface area contributed by atoms with E-state index in [4.69, 9.17) is 0 Å². The number of aliphatic carboxylic acids is 1. The molecule has 23 heavy (non-hydrogen) atoms. The molecule has 2 rings (SSSR count). The maximum atomic E-state index is 14.0. The molecule has 122 valence electrons. The van der Waals surface area contributed by atoms with Crippen molar-refractivity contribution in [3.63, 3.8) is 0 Å². The minimum Gasteiger partial charge on any atom is -0.480 e. The Labute approximate surface area is 137 Å². The summed E-state index contributed by atoms with van der Waals surface area (Å²) in [5.41, 5.74) is 0. The van der Waals surface area contributed by atoms with Gasteiger partial charge in [0.15, 0.2) is 0 Å². The van der Waals surface area contributed by atoms with Crippen molar-refractivity contribution in [2.24, 2.45) is 5.92 Å². The number of hydrogen-bond donors (Lipinski definition) is 1. The lowest BCUT2D eigenvalue weighted by Crippen LogP contribution is -2.44. The number of likely N-dealkylation sites (N-methyl/N-ethyl adjacent to an activating group) is 1. The van der Waals surface area contributed by atoms with Crippen molar-refractivity contribution in [2.45, 2.75) is 19.9 Å². The van der Waals surface area contributed by atoms with Gasteiger partial charge in [0, 0.05) is 10.6 Å². The summed E-state index contributed by atoms with van der Waals surface area (Å²) in [5.74, 6) is -1.13. The topological polar surface area (TPSA) is 57.6 Å². The second-order valence-corrected chi connectivity index (χ2v) is 8.66. The zero-order valence-electron chi connectivity index (χ0n) is 13.6. The average Bonchev–Trinajstić information content (AvgIpc) is 2.55. The lowest BCUT2D eigenvalue weighted by atomic mass is 10.1. The van der Waals surface area contributed by atoms with E-state index >= 15 is 0 Å². The van der Waals surface area contributed by atoms with Crippen LogP contribution in [-0.2, 0) is 9.36 Å². The molecule has 0 aliphatic heterocycles. The van der Waals surface area contributed by atoms with Crippen LogP contribution in [0.1, 0.15) is 13.8 Å². The lowest BCUT2D eigenvalue weighted by Gasteiger charge is -2.35. The molecule has 0 aliphatic rings. The van der Waals surface area contributed by atoms with Gasteiger partial charge in [0.2, 0.25) is 7.29 Å². The molecule has 0 amide bonds. The third-order valence-electron chi connectivity index (χ3n) is 3.94. The SMILES string of the molecule is CC(C)[C@@H](C(=O)O)N(C)P(=O)(c1ccccc1)c1ccccc1. The van der Waals surface area contributed by atoms with Gasteiger partial charge in [0.05, 0.1) is 0 Å². The second-order valence-electron chi connectivity index (χ2n) is 5.85. The first kappa shape index (κ1) is 17.5. The van der Waals surface area contributed by atoms with Gasteiger partial charge in [-0.2, -0.15) is 0 Å². The van der Waals surface area contributed by atoms with Crippen LogP contribution in [0.4, 0.5) is 0 Å². The van der Waals surface area contributed by atoms with Crippen molar-refractivity contribution in [3.05, 3.63) is 60.7 Å². The van der Waals surface area contributed by atoms with Crippen molar-refractivity contribution in [1.29, 1.82) is 0 Å². The molecule has 4 nitrogen and oxygen atoms in total. The van der Waals surface area contributed by atoms with Gasteiger partial charge in [0.1, 0.15) is 6.04 Å². The zero-order valence-corrected chi connectivity index (χ0v) is 14.5. The molecule has 1 N–H and O–H groups in total. The van der Waals surface area contributed by atoms with E-state index in [0.29, 0.717) is 10.6 Å². The highest BCUT2D eigenvalue weighted by Crippen LogP contribution is 2.48. The Morgan fingerprint density at radius 1 is 0.957 bits per heavy atom. The van der Waals surface area contributed by atoms with E-state index in [2.05, 4.69) is 0 Å². The third-order valence-corrected chi connectivity index (χ3v) is 7.08. The van der Waals surface area contributed by atoms with Crippen LogP contribution < -0.4 is 10.6 Å². The molecular weight excluding hydrogens is 309 g/mol. The second kappa shape index (κ2) is 7.12. The van der Waals surface area contributed by atoms with Crippen LogP contribution in [0.3, 0.4) is 0 Å². The van der Waals surface area contributed by atoms with Gasteiger partial charge in [-0.25, -0.2) is 4.67 Å². The van der Waals surface area contributed by atoms with E-state index in [9.17, 15) is 14.5 Å². The van der Waals surface area contributed by atoms with E-state index in [1.165, 1.54) is 4.67 Å². The smallest absolute Gasteiger partial charge is 0.321 e. The summed E-state index contributed by atoms with van der Waals surface area (Å²) in [6.07, 6.45) is 0. The number of carboxylic acids is 1. The Balaban J connectivity index is 2.64. The van der Waals surface area contributed by atoms with Crippen molar-refractivity contribution in [3.8, 4) is 0 Å². The van der Waals surface area contributed by atoms with Crippen molar-refractivity contribution in [2.75, 3.05) is 7.05 Å². The Kier molecular flexibility index (Phi) is 5.40. The van der Waals surface area contributed by atoms with Crippen LogP contribution in [0, 0.1) is 5.92 Å².